The van der Waals surface area contributed by atoms with E-state index in [0.29, 0.717) is 25.1 Å². The predicted octanol–water partition coefficient (Wildman–Crippen LogP) is 3.94. The van der Waals surface area contributed by atoms with Gasteiger partial charge in [0.05, 0.1) is 17.4 Å². The van der Waals surface area contributed by atoms with Crippen molar-refractivity contribution in [2.24, 2.45) is 5.92 Å². The lowest BCUT2D eigenvalue weighted by Crippen LogP contribution is -2.44. The third kappa shape index (κ3) is 4.97. The minimum atomic E-state index is -3.46. The molecule has 1 atom stereocenters. The second-order valence-electron chi connectivity index (χ2n) is 6.85. The van der Waals surface area contributed by atoms with Crippen molar-refractivity contribution >= 4 is 37.5 Å². The average Bonchev–Trinajstić information content (AvgIpc) is 2.65. The second-order valence-corrected chi connectivity index (χ2v) is 9.67. The number of anilines is 1. The summed E-state index contributed by atoms with van der Waals surface area (Å²) >= 11 is 3.42. The van der Waals surface area contributed by atoms with Crippen LogP contribution in [0, 0.1) is 12.8 Å². The maximum atomic E-state index is 12.9. The first-order chi connectivity index (χ1) is 12.9. The highest BCUT2D eigenvalue weighted by molar-refractivity contribution is 9.10. The van der Waals surface area contributed by atoms with E-state index in [9.17, 15) is 13.2 Å². The Kier molecular flexibility index (Phi) is 6.34. The number of para-hydroxylation sites is 1. The summed E-state index contributed by atoms with van der Waals surface area (Å²) in [6.07, 6.45) is 1.37. The van der Waals surface area contributed by atoms with Crippen LogP contribution in [0.1, 0.15) is 24.0 Å². The van der Waals surface area contributed by atoms with E-state index in [1.165, 1.54) is 4.31 Å². The molecule has 1 aliphatic rings. The summed E-state index contributed by atoms with van der Waals surface area (Å²) < 4.78 is 28.0. The van der Waals surface area contributed by atoms with Crippen molar-refractivity contribution in [1.82, 2.24) is 4.31 Å². The van der Waals surface area contributed by atoms with Crippen molar-refractivity contribution in [2.75, 3.05) is 18.4 Å². The second kappa shape index (κ2) is 8.54. The molecule has 2 aromatic carbocycles. The zero-order valence-corrected chi connectivity index (χ0v) is 17.6. The van der Waals surface area contributed by atoms with Gasteiger partial charge < -0.3 is 5.32 Å². The van der Waals surface area contributed by atoms with Gasteiger partial charge >= 0.3 is 0 Å². The number of carbonyl (C=O) groups is 1. The van der Waals surface area contributed by atoms with E-state index in [1.54, 1.807) is 0 Å². The molecule has 144 valence electrons. The Balaban J connectivity index is 1.69. The third-order valence-electron chi connectivity index (χ3n) is 4.88. The quantitative estimate of drug-likeness (QED) is 0.749. The fourth-order valence-electron chi connectivity index (χ4n) is 3.27. The monoisotopic (exact) mass is 450 g/mol. The molecule has 1 unspecified atom stereocenters. The highest BCUT2D eigenvalue weighted by Crippen LogP contribution is 2.26. The van der Waals surface area contributed by atoms with E-state index in [0.717, 1.165) is 15.6 Å². The molecule has 1 N–H and O–H groups in total. The summed E-state index contributed by atoms with van der Waals surface area (Å²) in [5, 5.41) is 2.90. The number of aryl methyl sites for hydroxylation is 1. The van der Waals surface area contributed by atoms with Crippen molar-refractivity contribution < 1.29 is 13.2 Å². The molecule has 3 rings (SSSR count). The molecule has 0 spiro atoms. The lowest BCUT2D eigenvalue weighted by atomic mass is 9.99. The van der Waals surface area contributed by atoms with Crippen molar-refractivity contribution in [1.29, 1.82) is 0 Å². The highest BCUT2D eigenvalue weighted by Gasteiger charge is 2.32. The normalized spacial score (nSPS) is 18.2. The van der Waals surface area contributed by atoms with Crippen LogP contribution in [0.25, 0.3) is 0 Å². The third-order valence-corrected chi connectivity index (χ3v) is 7.36. The van der Waals surface area contributed by atoms with Gasteiger partial charge in [0, 0.05) is 17.6 Å². The number of amides is 1. The van der Waals surface area contributed by atoms with Crippen LogP contribution in [-0.2, 0) is 20.6 Å². The van der Waals surface area contributed by atoms with Crippen LogP contribution in [0.5, 0.6) is 0 Å². The van der Waals surface area contributed by atoms with Gasteiger partial charge in [0.15, 0.2) is 0 Å². The molecule has 1 heterocycles. The van der Waals surface area contributed by atoms with Crippen LogP contribution in [0.2, 0.25) is 0 Å². The summed E-state index contributed by atoms with van der Waals surface area (Å²) in [4.78, 5) is 12.7. The van der Waals surface area contributed by atoms with Crippen molar-refractivity contribution in [2.45, 2.75) is 25.5 Å². The topological polar surface area (TPSA) is 66.5 Å². The van der Waals surface area contributed by atoms with Gasteiger partial charge in [-0.1, -0.05) is 36.4 Å². The minimum absolute atomic E-state index is 0.0295. The van der Waals surface area contributed by atoms with Crippen LogP contribution in [0.15, 0.2) is 53.0 Å². The summed E-state index contributed by atoms with van der Waals surface area (Å²) in [5.41, 5.74) is 2.46. The Labute approximate surface area is 169 Å². The fraction of sp³-hybridized carbons (Fsp3) is 0.350. The number of rotatable bonds is 5. The minimum Gasteiger partial charge on any atom is -0.325 e. The number of carbonyl (C=O) groups excluding carboxylic acids is 1. The first-order valence-corrected chi connectivity index (χ1v) is 11.3. The average molecular weight is 451 g/mol. The molecule has 27 heavy (non-hydrogen) atoms. The number of halogens is 1. The van der Waals surface area contributed by atoms with Gasteiger partial charge in [-0.05, 0) is 59.0 Å². The smallest absolute Gasteiger partial charge is 0.228 e. The Morgan fingerprint density at radius 1 is 1.19 bits per heavy atom. The van der Waals surface area contributed by atoms with Gasteiger partial charge in [-0.25, -0.2) is 12.7 Å². The largest absolute Gasteiger partial charge is 0.325 e. The highest BCUT2D eigenvalue weighted by atomic mass is 79.9. The summed E-state index contributed by atoms with van der Waals surface area (Å²) in [6.45, 7) is 2.60. The Morgan fingerprint density at radius 3 is 2.63 bits per heavy atom. The Hall–Kier alpha value is -1.70. The lowest BCUT2D eigenvalue weighted by Gasteiger charge is -2.31. The molecule has 0 bridgehead atoms. The van der Waals surface area contributed by atoms with Crippen molar-refractivity contribution in [3.05, 3.63) is 64.1 Å². The van der Waals surface area contributed by atoms with Crippen LogP contribution < -0.4 is 5.32 Å². The first kappa shape index (κ1) is 20.0. The molecule has 1 amide bonds. The first-order valence-electron chi connectivity index (χ1n) is 8.94. The van der Waals surface area contributed by atoms with Gasteiger partial charge in [0.1, 0.15) is 0 Å². The van der Waals surface area contributed by atoms with Gasteiger partial charge in [0.25, 0.3) is 0 Å². The van der Waals surface area contributed by atoms with Gasteiger partial charge in [-0.2, -0.15) is 0 Å². The van der Waals surface area contributed by atoms with Gasteiger partial charge in [-0.15, -0.1) is 0 Å². The number of hydrogen-bond donors (Lipinski definition) is 1. The summed E-state index contributed by atoms with van der Waals surface area (Å²) in [5.74, 6) is -0.520. The lowest BCUT2D eigenvalue weighted by molar-refractivity contribution is -0.120. The molecular formula is C20H23BrN2O3S. The predicted molar refractivity (Wildman–Crippen MR) is 111 cm³/mol. The van der Waals surface area contributed by atoms with Crippen LogP contribution >= 0.6 is 15.9 Å². The maximum Gasteiger partial charge on any atom is 0.228 e. The number of piperidine rings is 1. The number of benzene rings is 2. The zero-order valence-electron chi connectivity index (χ0n) is 15.2. The van der Waals surface area contributed by atoms with Crippen molar-refractivity contribution in [3.8, 4) is 0 Å². The van der Waals surface area contributed by atoms with Gasteiger partial charge in [0.2, 0.25) is 15.9 Å². The number of nitrogens with zero attached hydrogens (tertiary/aromatic N) is 1. The molecular weight excluding hydrogens is 428 g/mol. The zero-order chi connectivity index (χ0) is 19.4. The van der Waals surface area contributed by atoms with E-state index in [-0.39, 0.29) is 24.1 Å². The molecule has 0 aliphatic carbocycles. The Morgan fingerprint density at radius 2 is 1.89 bits per heavy atom. The number of hydrogen-bond acceptors (Lipinski definition) is 3. The molecule has 1 aliphatic heterocycles. The Bertz CT molecular complexity index is 930. The van der Waals surface area contributed by atoms with E-state index in [1.807, 2.05) is 55.5 Å². The fourth-order valence-corrected chi connectivity index (χ4v) is 5.36. The summed E-state index contributed by atoms with van der Waals surface area (Å²) in [7, 11) is -3.46. The molecule has 1 fully saturated rings. The van der Waals surface area contributed by atoms with E-state index in [4.69, 9.17) is 0 Å². The summed E-state index contributed by atoms with van der Waals surface area (Å²) in [6, 6.07) is 14.9. The molecule has 0 radical (unpaired) electrons. The molecule has 0 saturated carbocycles. The van der Waals surface area contributed by atoms with E-state index < -0.39 is 10.0 Å². The van der Waals surface area contributed by atoms with Crippen LogP contribution in [0.4, 0.5) is 5.69 Å². The maximum absolute atomic E-state index is 12.9. The molecule has 7 heteroatoms. The van der Waals surface area contributed by atoms with Gasteiger partial charge in [-0.3, -0.25) is 4.79 Å². The molecule has 0 aromatic heterocycles. The number of sulfonamides is 1. The SMILES string of the molecule is Cc1ccccc1CS(=O)(=O)N1CCCC(C(=O)Nc2ccccc2Br)C1. The number of nitrogens with one attached hydrogen (secondary N) is 1. The van der Waals surface area contributed by atoms with E-state index in [2.05, 4.69) is 21.2 Å². The van der Waals surface area contributed by atoms with Crippen molar-refractivity contribution in [3.63, 3.8) is 0 Å². The molecule has 2 aromatic rings. The van der Waals surface area contributed by atoms with E-state index >= 15 is 0 Å². The standard InChI is InChI=1S/C20H23BrN2O3S/c1-15-7-2-3-8-17(15)14-27(25,26)23-12-6-9-16(13-23)20(24)22-19-11-5-4-10-18(19)21/h2-5,7-8,10-11,16H,6,9,12-14H2,1H3,(H,22,24). The molecule has 5 nitrogen and oxygen atoms in total. The molecule has 1 saturated heterocycles. The van der Waals surface area contributed by atoms with Crippen LogP contribution in [-0.4, -0.2) is 31.7 Å². The van der Waals surface area contributed by atoms with Crippen LogP contribution in [0.3, 0.4) is 0 Å².